The zero-order valence-electron chi connectivity index (χ0n) is 10.2. The summed E-state index contributed by atoms with van der Waals surface area (Å²) in [5, 5.41) is 6.80. The summed E-state index contributed by atoms with van der Waals surface area (Å²) in [5.74, 6) is 0.751. The molecule has 2 heterocycles. The summed E-state index contributed by atoms with van der Waals surface area (Å²) in [5.41, 5.74) is 1.12. The minimum Gasteiger partial charge on any atom is -0.376 e. The van der Waals surface area contributed by atoms with Crippen LogP contribution >= 0.6 is 28.1 Å². The van der Waals surface area contributed by atoms with Crippen LogP contribution in [0, 0.1) is 6.92 Å². The second-order valence-electron chi connectivity index (χ2n) is 4.29. The number of ether oxygens (including phenoxy) is 1. The maximum Gasteiger partial charge on any atom is 0.172 e. The molecule has 1 aliphatic heterocycles. The topological polar surface area (TPSA) is 46.2 Å². The van der Waals surface area contributed by atoms with Gasteiger partial charge in [0, 0.05) is 23.8 Å². The summed E-state index contributed by atoms with van der Waals surface area (Å²) in [6.45, 7) is 3.63. The van der Waals surface area contributed by atoms with E-state index in [-0.39, 0.29) is 6.10 Å². The number of aromatic nitrogens is 1. The highest BCUT2D eigenvalue weighted by atomic mass is 79.9. The monoisotopic (exact) mass is 329 g/mol. The first-order valence-electron chi connectivity index (χ1n) is 5.94. The number of rotatable bonds is 3. The van der Waals surface area contributed by atoms with E-state index in [2.05, 4.69) is 31.5 Å². The van der Waals surface area contributed by atoms with Gasteiger partial charge in [-0.1, -0.05) is 0 Å². The highest BCUT2D eigenvalue weighted by Crippen LogP contribution is 2.17. The molecule has 0 spiro atoms. The Balaban J connectivity index is 1.80. The van der Waals surface area contributed by atoms with Gasteiger partial charge in [0.05, 0.1) is 6.10 Å². The van der Waals surface area contributed by atoms with Crippen LogP contribution in [0.3, 0.4) is 0 Å². The molecule has 18 heavy (non-hydrogen) atoms. The third-order valence-corrected chi connectivity index (χ3v) is 3.88. The van der Waals surface area contributed by atoms with Crippen molar-refractivity contribution in [3.8, 4) is 0 Å². The van der Waals surface area contributed by atoms with E-state index < -0.39 is 0 Å². The SMILES string of the molecule is Cc1cc(NC(=S)NC[C@@H]2CCCO2)ncc1Br. The van der Waals surface area contributed by atoms with Gasteiger partial charge >= 0.3 is 0 Å². The van der Waals surface area contributed by atoms with Crippen molar-refractivity contribution in [3.05, 3.63) is 22.3 Å². The molecule has 4 nitrogen and oxygen atoms in total. The smallest absolute Gasteiger partial charge is 0.172 e. The molecule has 98 valence electrons. The van der Waals surface area contributed by atoms with Crippen LogP contribution in [-0.2, 0) is 4.74 Å². The number of anilines is 1. The van der Waals surface area contributed by atoms with Crippen molar-refractivity contribution in [1.82, 2.24) is 10.3 Å². The van der Waals surface area contributed by atoms with E-state index in [4.69, 9.17) is 17.0 Å². The second kappa shape index (κ2) is 6.45. The minimum absolute atomic E-state index is 0.282. The molecule has 1 aromatic heterocycles. The molecule has 2 rings (SSSR count). The first-order valence-corrected chi connectivity index (χ1v) is 7.14. The Morgan fingerprint density at radius 1 is 1.67 bits per heavy atom. The van der Waals surface area contributed by atoms with E-state index in [0.29, 0.717) is 5.11 Å². The molecule has 0 bridgehead atoms. The summed E-state index contributed by atoms with van der Waals surface area (Å²) < 4.78 is 6.51. The Hall–Kier alpha value is -0.720. The molecule has 0 amide bonds. The number of aryl methyl sites for hydroxylation is 1. The number of hydrogen-bond donors (Lipinski definition) is 2. The van der Waals surface area contributed by atoms with Gasteiger partial charge in [0.1, 0.15) is 5.82 Å². The number of nitrogens with zero attached hydrogens (tertiary/aromatic N) is 1. The van der Waals surface area contributed by atoms with Crippen LogP contribution in [0.15, 0.2) is 16.7 Å². The zero-order valence-corrected chi connectivity index (χ0v) is 12.6. The Morgan fingerprint density at radius 3 is 3.17 bits per heavy atom. The highest BCUT2D eigenvalue weighted by Gasteiger charge is 2.15. The van der Waals surface area contributed by atoms with Gasteiger partial charge in [-0.15, -0.1) is 0 Å². The Kier molecular flexibility index (Phi) is 4.91. The zero-order chi connectivity index (χ0) is 13.0. The molecule has 1 aromatic rings. The first kappa shape index (κ1) is 13.7. The quantitative estimate of drug-likeness (QED) is 0.835. The van der Waals surface area contributed by atoms with Crippen molar-refractivity contribution < 1.29 is 4.74 Å². The van der Waals surface area contributed by atoms with Crippen LogP contribution in [0.5, 0.6) is 0 Å². The van der Waals surface area contributed by atoms with Crippen molar-refractivity contribution in [1.29, 1.82) is 0 Å². The van der Waals surface area contributed by atoms with Crippen molar-refractivity contribution in [2.45, 2.75) is 25.9 Å². The third-order valence-electron chi connectivity index (χ3n) is 2.80. The van der Waals surface area contributed by atoms with Gasteiger partial charge in [-0.2, -0.15) is 0 Å². The molecule has 0 aliphatic carbocycles. The van der Waals surface area contributed by atoms with Gasteiger partial charge < -0.3 is 15.4 Å². The Bertz CT molecular complexity index is 435. The maximum atomic E-state index is 5.52. The molecule has 1 atom stereocenters. The molecule has 0 saturated carbocycles. The predicted molar refractivity (Wildman–Crippen MR) is 79.9 cm³/mol. The lowest BCUT2D eigenvalue weighted by Crippen LogP contribution is -2.35. The molecule has 1 fully saturated rings. The number of hydrogen-bond acceptors (Lipinski definition) is 3. The van der Waals surface area contributed by atoms with Gasteiger partial charge in [0.15, 0.2) is 5.11 Å². The molecule has 0 radical (unpaired) electrons. The van der Waals surface area contributed by atoms with E-state index in [0.717, 1.165) is 41.8 Å². The van der Waals surface area contributed by atoms with Crippen LogP contribution in [0.25, 0.3) is 0 Å². The second-order valence-corrected chi connectivity index (χ2v) is 5.55. The average molecular weight is 330 g/mol. The van der Waals surface area contributed by atoms with Gasteiger partial charge in [0.25, 0.3) is 0 Å². The molecule has 6 heteroatoms. The normalized spacial score (nSPS) is 18.7. The van der Waals surface area contributed by atoms with Gasteiger partial charge in [-0.3, -0.25) is 0 Å². The van der Waals surface area contributed by atoms with Crippen molar-refractivity contribution in [2.24, 2.45) is 0 Å². The fourth-order valence-electron chi connectivity index (χ4n) is 1.78. The van der Waals surface area contributed by atoms with E-state index in [1.165, 1.54) is 0 Å². The van der Waals surface area contributed by atoms with E-state index in [9.17, 15) is 0 Å². The lowest BCUT2D eigenvalue weighted by Gasteiger charge is -2.13. The fraction of sp³-hybridized carbons (Fsp3) is 0.500. The summed E-state index contributed by atoms with van der Waals surface area (Å²) in [6, 6.07) is 1.95. The van der Waals surface area contributed by atoms with Gasteiger partial charge in [0.2, 0.25) is 0 Å². The average Bonchev–Trinajstić information content (AvgIpc) is 2.84. The van der Waals surface area contributed by atoms with E-state index in [1.807, 2.05) is 13.0 Å². The van der Waals surface area contributed by atoms with Crippen LogP contribution in [0.1, 0.15) is 18.4 Å². The molecular weight excluding hydrogens is 314 g/mol. The predicted octanol–water partition coefficient (Wildman–Crippen LogP) is 2.62. The number of nitrogens with one attached hydrogen (secondary N) is 2. The van der Waals surface area contributed by atoms with Crippen LogP contribution in [0.2, 0.25) is 0 Å². The maximum absolute atomic E-state index is 5.52. The van der Waals surface area contributed by atoms with Crippen LogP contribution in [-0.4, -0.2) is 29.4 Å². The third kappa shape index (κ3) is 3.90. The van der Waals surface area contributed by atoms with Gasteiger partial charge in [-0.25, -0.2) is 4.98 Å². The molecular formula is C12H16BrN3OS. The summed E-state index contributed by atoms with van der Waals surface area (Å²) in [6.07, 6.45) is 4.29. The molecule has 1 aliphatic rings. The summed E-state index contributed by atoms with van der Waals surface area (Å²) in [4.78, 5) is 4.24. The number of thiocarbonyl (C=S) groups is 1. The Morgan fingerprint density at radius 2 is 2.50 bits per heavy atom. The number of pyridine rings is 1. The van der Waals surface area contributed by atoms with Crippen LogP contribution in [0.4, 0.5) is 5.82 Å². The highest BCUT2D eigenvalue weighted by molar-refractivity contribution is 9.10. The largest absolute Gasteiger partial charge is 0.376 e. The lowest BCUT2D eigenvalue weighted by atomic mass is 10.2. The minimum atomic E-state index is 0.282. The first-order chi connectivity index (χ1) is 8.65. The molecule has 0 unspecified atom stereocenters. The standard InChI is InChI=1S/C12H16BrN3OS/c1-8-5-11(14-7-10(8)13)16-12(18)15-6-9-3-2-4-17-9/h5,7,9H,2-4,6H2,1H3,(H2,14,15,16,18)/t9-/m0/s1. The Labute approximate surface area is 121 Å². The fourth-order valence-corrected chi connectivity index (χ4v) is 2.18. The lowest BCUT2D eigenvalue weighted by molar-refractivity contribution is 0.114. The van der Waals surface area contributed by atoms with Crippen LogP contribution < -0.4 is 10.6 Å². The summed E-state index contributed by atoms with van der Waals surface area (Å²) in [7, 11) is 0. The number of halogens is 1. The van der Waals surface area contributed by atoms with Crippen molar-refractivity contribution in [3.63, 3.8) is 0 Å². The summed E-state index contributed by atoms with van der Waals surface area (Å²) >= 11 is 8.63. The van der Waals surface area contributed by atoms with Gasteiger partial charge in [-0.05, 0) is 59.5 Å². The van der Waals surface area contributed by atoms with E-state index >= 15 is 0 Å². The van der Waals surface area contributed by atoms with E-state index in [1.54, 1.807) is 6.20 Å². The molecule has 1 saturated heterocycles. The van der Waals surface area contributed by atoms with Crippen molar-refractivity contribution >= 4 is 39.1 Å². The molecule has 0 aromatic carbocycles. The molecule has 2 N–H and O–H groups in total. The van der Waals surface area contributed by atoms with Crippen molar-refractivity contribution in [2.75, 3.05) is 18.5 Å².